The largest absolute Gasteiger partial charge is 0.489 e. The number of aliphatic hydroxyl groups is 1. The number of hydrogen-bond acceptors (Lipinski definition) is 5. The molecule has 0 radical (unpaired) electrons. The van der Waals surface area contributed by atoms with E-state index in [0.717, 1.165) is 24.3 Å². The Morgan fingerprint density at radius 2 is 1.93 bits per heavy atom. The lowest BCUT2D eigenvalue weighted by Crippen LogP contribution is -2.43. The fraction of sp³-hybridized carbons (Fsp3) is 0.350. The van der Waals surface area contributed by atoms with Crippen LogP contribution in [-0.2, 0) is 14.8 Å². The molecular formula is C20H20FNO6S. The first kappa shape index (κ1) is 19.8. The summed E-state index contributed by atoms with van der Waals surface area (Å²) in [6, 6.07) is 8.69. The SMILES string of the molecule is CC(C(=O)O)c1cccc2c1OC1CC(O)C(NS(=O)(=O)c3ccc(F)cc3)C21. The molecule has 2 aliphatic rings. The van der Waals surface area contributed by atoms with E-state index >= 15 is 0 Å². The van der Waals surface area contributed by atoms with Gasteiger partial charge in [-0.2, -0.15) is 0 Å². The van der Waals surface area contributed by atoms with E-state index in [0.29, 0.717) is 16.9 Å². The van der Waals surface area contributed by atoms with Crippen molar-refractivity contribution < 1.29 is 32.6 Å². The van der Waals surface area contributed by atoms with Crippen LogP contribution in [0.4, 0.5) is 4.39 Å². The van der Waals surface area contributed by atoms with Crippen LogP contribution >= 0.6 is 0 Å². The number of sulfonamides is 1. The van der Waals surface area contributed by atoms with Gasteiger partial charge in [0.15, 0.2) is 0 Å². The van der Waals surface area contributed by atoms with Crippen molar-refractivity contribution in [2.45, 2.75) is 48.3 Å². The second-order valence-corrected chi connectivity index (χ2v) is 9.13. The fourth-order valence-corrected chi connectivity index (χ4v) is 5.42. The molecule has 1 aliphatic heterocycles. The van der Waals surface area contributed by atoms with Crippen LogP contribution < -0.4 is 9.46 Å². The number of nitrogens with one attached hydrogen (secondary N) is 1. The minimum absolute atomic E-state index is 0.109. The highest BCUT2D eigenvalue weighted by Crippen LogP contribution is 2.50. The first-order valence-corrected chi connectivity index (χ1v) is 10.7. The van der Waals surface area contributed by atoms with Crippen LogP contribution in [0.1, 0.15) is 36.3 Å². The molecule has 7 nitrogen and oxygen atoms in total. The number of benzene rings is 2. The average Bonchev–Trinajstić information content (AvgIpc) is 3.17. The normalized spacial score (nSPS) is 26.4. The molecule has 4 rings (SSSR count). The Bertz CT molecular complexity index is 1060. The lowest BCUT2D eigenvalue weighted by Gasteiger charge is -2.22. The molecule has 0 saturated heterocycles. The molecule has 2 aromatic rings. The quantitative estimate of drug-likeness (QED) is 0.680. The molecule has 2 aromatic carbocycles. The zero-order chi connectivity index (χ0) is 20.9. The van der Waals surface area contributed by atoms with Crippen molar-refractivity contribution in [2.75, 3.05) is 0 Å². The Labute approximate surface area is 167 Å². The van der Waals surface area contributed by atoms with E-state index < -0.39 is 51.9 Å². The molecule has 1 saturated carbocycles. The minimum atomic E-state index is -4.00. The van der Waals surface area contributed by atoms with Gasteiger partial charge in [-0.05, 0) is 31.2 Å². The van der Waals surface area contributed by atoms with Gasteiger partial charge >= 0.3 is 5.97 Å². The molecule has 3 N–H and O–H groups in total. The highest BCUT2D eigenvalue weighted by molar-refractivity contribution is 7.89. The van der Waals surface area contributed by atoms with E-state index in [2.05, 4.69) is 4.72 Å². The number of carboxylic acid groups (broad SMARTS) is 1. The Morgan fingerprint density at radius 1 is 1.24 bits per heavy atom. The molecule has 0 amide bonds. The predicted molar refractivity (Wildman–Crippen MR) is 101 cm³/mol. The lowest BCUT2D eigenvalue weighted by molar-refractivity contribution is -0.138. The van der Waals surface area contributed by atoms with Gasteiger partial charge in [-0.25, -0.2) is 17.5 Å². The molecule has 0 aromatic heterocycles. The third-order valence-corrected chi connectivity index (χ3v) is 7.11. The summed E-state index contributed by atoms with van der Waals surface area (Å²) in [6.07, 6.45) is -1.24. The predicted octanol–water partition coefficient (Wildman–Crippen LogP) is 1.97. The number of carboxylic acids is 1. The van der Waals surface area contributed by atoms with Crippen molar-refractivity contribution in [1.29, 1.82) is 0 Å². The van der Waals surface area contributed by atoms with Crippen molar-refractivity contribution >= 4 is 16.0 Å². The van der Waals surface area contributed by atoms with E-state index in [1.165, 1.54) is 0 Å². The molecule has 5 atom stereocenters. The molecule has 5 unspecified atom stereocenters. The molecule has 1 aliphatic carbocycles. The summed E-state index contributed by atoms with van der Waals surface area (Å²) < 4.78 is 47.1. The number of halogens is 1. The number of rotatable bonds is 5. The summed E-state index contributed by atoms with van der Waals surface area (Å²) in [4.78, 5) is 11.3. The Balaban J connectivity index is 1.68. The second kappa shape index (κ2) is 7.08. The van der Waals surface area contributed by atoms with Gasteiger partial charge in [0.2, 0.25) is 10.0 Å². The molecule has 1 fully saturated rings. The maximum atomic E-state index is 13.1. The van der Waals surface area contributed by atoms with Gasteiger partial charge in [0.25, 0.3) is 0 Å². The van der Waals surface area contributed by atoms with E-state index in [1.807, 2.05) is 0 Å². The monoisotopic (exact) mass is 421 g/mol. The molecule has 29 heavy (non-hydrogen) atoms. The first-order chi connectivity index (χ1) is 13.7. The summed E-state index contributed by atoms with van der Waals surface area (Å²) in [7, 11) is -4.00. The van der Waals surface area contributed by atoms with Gasteiger partial charge in [0.1, 0.15) is 17.7 Å². The number of hydrogen-bond donors (Lipinski definition) is 3. The minimum Gasteiger partial charge on any atom is -0.489 e. The topological polar surface area (TPSA) is 113 Å². The zero-order valence-electron chi connectivity index (χ0n) is 15.4. The third-order valence-electron chi connectivity index (χ3n) is 5.63. The smallest absolute Gasteiger partial charge is 0.310 e. The number of carbonyl (C=O) groups is 1. The van der Waals surface area contributed by atoms with Gasteiger partial charge in [-0.15, -0.1) is 0 Å². The summed E-state index contributed by atoms with van der Waals surface area (Å²) in [5.41, 5.74) is 1.18. The number of para-hydroxylation sites is 1. The number of aliphatic carboxylic acids is 1. The van der Waals surface area contributed by atoms with Crippen LogP contribution in [0.15, 0.2) is 47.4 Å². The van der Waals surface area contributed by atoms with Crippen LogP contribution in [-0.4, -0.2) is 42.8 Å². The van der Waals surface area contributed by atoms with Crippen molar-refractivity contribution in [3.05, 3.63) is 59.4 Å². The van der Waals surface area contributed by atoms with Gasteiger partial charge in [0.05, 0.1) is 23.0 Å². The Kier molecular flexibility index (Phi) is 4.84. The van der Waals surface area contributed by atoms with Crippen molar-refractivity contribution in [2.24, 2.45) is 0 Å². The summed E-state index contributed by atoms with van der Waals surface area (Å²) in [5, 5.41) is 19.8. The van der Waals surface area contributed by atoms with E-state index in [9.17, 15) is 27.8 Å². The van der Waals surface area contributed by atoms with E-state index in [-0.39, 0.29) is 11.3 Å². The van der Waals surface area contributed by atoms with Crippen LogP contribution in [0.3, 0.4) is 0 Å². The molecule has 0 bridgehead atoms. The maximum absolute atomic E-state index is 13.1. The van der Waals surface area contributed by atoms with Crippen LogP contribution in [0, 0.1) is 5.82 Å². The number of aliphatic hydroxyl groups excluding tert-OH is 1. The summed E-state index contributed by atoms with van der Waals surface area (Å²) >= 11 is 0. The number of fused-ring (bicyclic) bond motifs is 3. The zero-order valence-corrected chi connectivity index (χ0v) is 16.3. The van der Waals surface area contributed by atoms with E-state index in [4.69, 9.17) is 4.74 Å². The van der Waals surface area contributed by atoms with Gasteiger partial charge < -0.3 is 14.9 Å². The van der Waals surface area contributed by atoms with Crippen LogP contribution in [0.2, 0.25) is 0 Å². The summed E-state index contributed by atoms with van der Waals surface area (Å²) in [5.74, 6) is -2.36. The third kappa shape index (κ3) is 3.39. The molecule has 1 heterocycles. The molecule has 9 heteroatoms. The maximum Gasteiger partial charge on any atom is 0.310 e. The van der Waals surface area contributed by atoms with Crippen LogP contribution in [0.25, 0.3) is 0 Å². The Morgan fingerprint density at radius 3 is 2.59 bits per heavy atom. The lowest BCUT2D eigenvalue weighted by atomic mass is 9.90. The highest BCUT2D eigenvalue weighted by atomic mass is 32.2. The van der Waals surface area contributed by atoms with Crippen LogP contribution in [0.5, 0.6) is 5.75 Å². The van der Waals surface area contributed by atoms with Gasteiger partial charge in [-0.1, -0.05) is 18.2 Å². The Hall–Kier alpha value is -2.49. The first-order valence-electron chi connectivity index (χ1n) is 9.17. The van der Waals surface area contributed by atoms with Gasteiger partial charge in [-0.3, -0.25) is 4.79 Å². The molecular weight excluding hydrogens is 401 g/mol. The fourth-order valence-electron chi connectivity index (χ4n) is 4.13. The molecule has 0 spiro atoms. The average molecular weight is 421 g/mol. The van der Waals surface area contributed by atoms with Crippen molar-refractivity contribution in [3.63, 3.8) is 0 Å². The summed E-state index contributed by atoms with van der Waals surface area (Å²) in [6.45, 7) is 1.55. The second-order valence-electron chi connectivity index (χ2n) is 7.41. The van der Waals surface area contributed by atoms with Gasteiger partial charge in [0, 0.05) is 23.5 Å². The number of ether oxygens (including phenoxy) is 1. The standard InChI is InChI=1S/C20H20FNO6S/c1-10(20(24)25)13-3-2-4-14-17-16(28-19(13)14)9-15(23)18(17)22-29(26,27)12-7-5-11(21)6-8-12/h2-8,10,15-18,22-23H,9H2,1H3,(H,24,25). The van der Waals surface area contributed by atoms with Crippen molar-refractivity contribution in [1.82, 2.24) is 4.72 Å². The van der Waals surface area contributed by atoms with Crippen molar-refractivity contribution in [3.8, 4) is 5.75 Å². The highest BCUT2D eigenvalue weighted by Gasteiger charge is 2.51. The molecule has 154 valence electrons. The van der Waals surface area contributed by atoms with E-state index in [1.54, 1.807) is 25.1 Å².